The van der Waals surface area contributed by atoms with Crippen molar-refractivity contribution in [2.75, 3.05) is 6.54 Å². The van der Waals surface area contributed by atoms with Crippen molar-refractivity contribution < 1.29 is 0 Å². The molecule has 0 aromatic heterocycles. The first-order chi connectivity index (χ1) is 4.75. The monoisotopic (exact) mass is 137 g/mol. The van der Waals surface area contributed by atoms with E-state index in [2.05, 4.69) is 25.1 Å². The molecule has 1 nitrogen and oxygen atoms in total. The molecule has 3 unspecified atom stereocenters. The van der Waals surface area contributed by atoms with Crippen molar-refractivity contribution in [1.29, 1.82) is 0 Å². The first-order valence-corrected chi connectivity index (χ1v) is 3.92. The highest BCUT2D eigenvalue weighted by molar-refractivity contribution is 4.94. The van der Waals surface area contributed by atoms with Crippen LogP contribution < -0.4 is 5.32 Å². The van der Waals surface area contributed by atoms with E-state index in [-0.39, 0.29) is 0 Å². The van der Waals surface area contributed by atoms with Crippen LogP contribution in [0, 0.1) is 24.2 Å². The van der Waals surface area contributed by atoms with Crippen molar-refractivity contribution >= 4 is 0 Å². The van der Waals surface area contributed by atoms with Gasteiger partial charge in [-0.05, 0) is 18.3 Å². The van der Waals surface area contributed by atoms with E-state index in [1.807, 2.05) is 0 Å². The summed E-state index contributed by atoms with van der Waals surface area (Å²) in [5, 5.41) is 3.31. The van der Waals surface area contributed by atoms with Gasteiger partial charge in [0, 0.05) is 6.04 Å². The third-order valence-corrected chi connectivity index (χ3v) is 2.62. The highest BCUT2D eigenvalue weighted by atomic mass is 14.9. The maximum absolute atomic E-state index is 5.12. The van der Waals surface area contributed by atoms with Gasteiger partial charge in [-0.1, -0.05) is 19.8 Å². The van der Waals surface area contributed by atoms with Crippen LogP contribution in [0.1, 0.15) is 20.3 Å². The SMILES string of the molecule is C#CCNC1CC(C)C1C. The molecule has 0 saturated heterocycles. The average Bonchev–Trinajstić information content (AvgIpc) is 1.97. The molecule has 1 rings (SSSR count). The molecule has 10 heavy (non-hydrogen) atoms. The summed E-state index contributed by atoms with van der Waals surface area (Å²) >= 11 is 0. The van der Waals surface area contributed by atoms with Crippen molar-refractivity contribution in [3.63, 3.8) is 0 Å². The van der Waals surface area contributed by atoms with Gasteiger partial charge in [-0.2, -0.15) is 0 Å². The predicted octanol–water partition coefficient (Wildman–Crippen LogP) is 1.25. The Hall–Kier alpha value is -0.480. The van der Waals surface area contributed by atoms with Crippen LogP contribution in [0.5, 0.6) is 0 Å². The maximum Gasteiger partial charge on any atom is 0.0576 e. The smallest absolute Gasteiger partial charge is 0.0576 e. The number of rotatable bonds is 2. The summed E-state index contributed by atoms with van der Waals surface area (Å²) in [6.07, 6.45) is 6.42. The molecule has 3 atom stereocenters. The first kappa shape index (κ1) is 7.63. The molecule has 0 aromatic carbocycles. The van der Waals surface area contributed by atoms with Gasteiger partial charge in [0.15, 0.2) is 0 Å². The van der Waals surface area contributed by atoms with E-state index in [4.69, 9.17) is 6.42 Å². The van der Waals surface area contributed by atoms with Gasteiger partial charge in [-0.25, -0.2) is 0 Å². The lowest BCUT2D eigenvalue weighted by Gasteiger charge is -2.41. The largest absolute Gasteiger partial charge is 0.303 e. The number of hydrogen-bond donors (Lipinski definition) is 1. The lowest BCUT2D eigenvalue weighted by molar-refractivity contribution is 0.142. The third-order valence-electron chi connectivity index (χ3n) is 2.62. The van der Waals surface area contributed by atoms with Gasteiger partial charge in [0.05, 0.1) is 6.54 Å². The zero-order valence-corrected chi connectivity index (χ0v) is 6.72. The summed E-state index contributed by atoms with van der Waals surface area (Å²) in [4.78, 5) is 0. The van der Waals surface area contributed by atoms with Crippen molar-refractivity contribution in [1.82, 2.24) is 5.32 Å². The molecule has 1 fully saturated rings. The summed E-state index contributed by atoms with van der Waals surface area (Å²) in [6, 6.07) is 0.686. The van der Waals surface area contributed by atoms with Crippen LogP contribution in [-0.4, -0.2) is 12.6 Å². The molecule has 0 spiro atoms. The van der Waals surface area contributed by atoms with Crippen LogP contribution >= 0.6 is 0 Å². The van der Waals surface area contributed by atoms with Gasteiger partial charge in [0.2, 0.25) is 0 Å². The molecule has 0 radical (unpaired) electrons. The van der Waals surface area contributed by atoms with Gasteiger partial charge in [0.1, 0.15) is 0 Å². The Bertz CT molecular complexity index is 145. The second-order valence-electron chi connectivity index (χ2n) is 3.26. The van der Waals surface area contributed by atoms with E-state index < -0.39 is 0 Å². The van der Waals surface area contributed by atoms with Gasteiger partial charge < -0.3 is 5.32 Å². The summed E-state index contributed by atoms with van der Waals surface area (Å²) in [7, 11) is 0. The molecule has 0 amide bonds. The van der Waals surface area contributed by atoms with Gasteiger partial charge in [0.25, 0.3) is 0 Å². The van der Waals surface area contributed by atoms with E-state index in [1.165, 1.54) is 6.42 Å². The normalized spacial score (nSPS) is 38.3. The maximum atomic E-state index is 5.12. The van der Waals surface area contributed by atoms with Crippen molar-refractivity contribution in [2.45, 2.75) is 26.3 Å². The summed E-state index contributed by atoms with van der Waals surface area (Å²) in [6.45, 7) is 5.29. The van der Waals surface area contributed by atoms with Gasteiger partial charge in [-0.15, -0.1) is 6.42 Å². The van der Waals surface area contributed by atoms with Gasteiger partial charge in [-0.3, -0.25) is 0 Å². The van der Waals surface area contributed by atoms with Crippen LogP contribution in [0.15, 0.2) is 0 Å². The minimum atomic E-state index is 0.686. The van der Waals surface area contributed by atoms with Crippen molar-refractivity contribution in [3.8, 4) is 12.3 Å². The topological polar surface area (TPSA) is 12.0 Å². The summed E-state index contributed by atoms with van der Waals surface area (Å²) in [5.41, 5.74) is 0. The Morgan fingerprint density at radius 3 is 2.70 bits per heavy atom. The Balaban J connectivity index is 2.16. The molecule has 56 valence electrons. The van der Waals surface area contributed by atoms with E-state index in [9.17, 15) is 0 Å². The fourth-order valence-electron chi connectivity index (χ4n) is 1.49. The van der Waals surface area contributed by atoms with Crippen LogP contribution in [0.3, 0.4) is 0 Å². The minimum Gasteiger partial charge on any atom is -0.303 e. The highest BCUT2D eigenvalue weighted by Crippen LogP contribution is 2.33. The Morgan fingerprint density at radius 2 is 2.30 bits per heavy atom. The molecular formula is C9H15N. The molecular weight excluding hydrogens is 122 g/mol. The Morgan fingerprint density at radius 1 is 1.60 bits per heavy atom. The molecule has 0 aliphatic heterocycles. The zero-order chi connectivity index (χ0) is 7.56. The fraction of sp³-hybridized carbons (Fsp3) is 0.778. The molecule has 1 N–H and O–H groups in total. The van der Waals surface area contributed by atoms with E-state index in [0.717, 1.165) is 18.4 Å². The third kappa shape index (κ3) is 1.33. The Kier molecular flexibility index (Phi) is 2.34. The molecule has 0 bridgehead atoms. The molecule has 1 saturated carbocycles. The first-order valence-electron chi connectivity index (χ1n) is 3.92. The number of terminal acetylenes is 1. The highest BCUT2D eigenvalue weighted by Gasteiger charge is 2.33. The predicted molar refractivity (Wildman–Crippen MR) is 43.6 cm³/mol. The van der Waals surface area contributed by atoms with Crippen LogP contribution in [0.25, 0.3) is 0 Å². The number of hydrogen-bond acceptors (Lipinski definition) is 1. The van der Waals surface area contributed by atoms with Crippen LogP contribution in [0.2, 0.25) is 0 Å². The van der Waals surface area contributed by atoms with Gasteiger partial charge >= 0.3 is 0 Å². The lowest BCUT2D eigenvalue weighted by atomic mass is 9.71. The molecule has 0 aromatic rings. The van der Waals surface area contributed by atoms with E-state index >= 15 is 0 Å². The lowest BCUT2D eigenvalue weighted by Crippen LogP contribution is -2.48. The van der Waals surface area contributed by atoms with E-state index in [1.54, 1.807) is 0 Å². The molecule has 1 heteroatoms. The zero-order valence-electron chi connectivity index (χ0n) is 6.72. The van der Waals surface area contributed by atoms with Crippen molar-refractivity contribution in [2.24, 2.45) is 11.8 Å². The number of nitrogens with one attached hydrogen (secondary N) is 1. The quantitative estimate of drug-likeness (QED) is 0.565. The van der Waals surface area contributed by atoms with Crippen molar-refractivity contribution in [3.05, 3.63) is 0 Å². The molecule has 0 heterocycles. The summed E-state index contributed by atoms with van der Waals surface area (Å²) in [5.74, 6) is 4.29. The van der Waals surface area contributed by atoms with Crippen LogP contribution in [-0.2, 0) is 0 Å². The molecule has 1 aliphatic rings. The molecule has 1 aliphatic carbocycles. The minimum absolute atomic E-state index is 0.686. The standard InChI is InChI=1S/C9H15N/c1-4-5-10-9-6-7(2)8(9)3/h1,7-10H,5-6H2,2-3H3. The Labute approximate surface area is 63.2 Å². The van der Waals surface area contributed by atoms with E-state index in [0.29, 0.717) is 6.04 Å². The summed E-state index contributed by atoms with van der Waals surface area (Å²) < 4.78 is 0. The fourth-order valence-corrected chi connectivity index (χ4v) is 1.49. The second kappa shape index (κ2) is 3.07. The van der Waals surface area contributed by atoms with Crippen LogP contribution in [0.4, 0.5) is 0 Å². The second-order valence-corrected chi connectivity index (χ2v) is 3.26. The average molecular weight is 137 g/mol.